The second-order valence-electron chi connectivity index (χ2n) is 2.63. The monoisotopic (exact) mass is 206 g/mol. The van der Waals surface area contributed by atoms with Crippen molar-refractivity contribution in [2.24, 2.45) is 5.16 Å². The van der Waals surface area contributed by atoms with Crippen molar-refractivity contribution < 1.29 is 14.7 Å². The Hall–Kier alpha value is -2.22. The molecule has 1 N–H and O–H groups in total. The molecule has 0 bridgehead atoms. The molecule has 0 heterocycles. The minimum absolute atomic E-state index is 0.0732. The van der Waals surface area contributed by atoms with E-state index in [4.69, 9.17) is 19.9 Å². The Kier molecular flexibility index (Phi) is 3.52. The van der Waals surface area contributed by atoms with Gasteiger partial charge >= 0.3 is 0 Å². The van der Waals surface area contributed by atoms with E-state index in [-0.39, 0.29) is 5.71 Å². The first kappa shape index (κ1) is 10.9. The first-order valence-electron chi connectivity index (χ1n) is 4.11. The normalized spacial score (nSPS) is 10.6. The molecule has 0 saturated carbocycles. The molecule has 1 aromatic carbocycles. The van der Waals surface area contributed by atoms with Gasteiger partial charge in [-0.2, -0.15) is 5.26 Å². The van der Waals surface area contributed by atoms with Gasteiger partial charge in [-0.3, -0.25) is 0 Å². The molecule has 1 rings (SSSR count). The molecule has 0 fully saturated rings. The van der Waals surface area contributed by atoms with E-state index in [9.17, 15) is 0 Å². The molecule has 0 amide bonds. The summed E-state index contributed by atoms with van der Waals surface area (Å²) < 4.78 is 10.1. The number of ether oxygens (including phenoxy) is 2. The Balaban J connectivity index is 3.20. The smallest absolute Gasteiger partial charge is 0.186 e. The van der Waals surface area contributed by atoms with E-state index in [1.165, 1.54) is 14.2 Å². The van der Waals surface area contributed by atoms with Gasteiger partial charge in [0, 0.05) is 5.56 Å². The number of methoxy groups -OCH3 is 2. The molecule has 0 atom stereocenters. The molecule has 0 aliphatic carbocycles. The molecule has 1 aromatic rings. The largest absolute Gasteiger partial charge is 0.493 e. The Morgan fingerprint density at radius 3 is 2.47 bits per heavy atom. The van der Waals surface area contributed by atoms with Crippen molar-refractivity contribution in [3.8, 4) is 17.6 Å². The minimum Gasteiger partial charge on any atom is -0.493 e. The van der Waals surface area contributed by atoms with E-state index in [0.717, 1.165) is 0 Å². The van der Waals surface area contributed by atoms with E-state index < -0.39 is 0 Å². The molecule has 0 aliphatic rings. The fourth-order valence-corrected chi connectivity index (χ4v) is 1.13. The molecule has 0 saturated heterocycles. The number of benzene rings is 1. The lowest BCUT2D eigenvalue weighted by molar-refractivity contribution is 0.320. The molecule has 0 unspecified atom stereocenters. The summed E-state index contributed by atoms with van der Waals surface area (Å²) in [5.41, 5.74) is 0.397. The van der Waals surface area contributed by atoms with Crippen LogP contribution in [-0.4, -0.2) is 25.1 Å². The number of nitriles is 1. The third kappa shape index (κ3) is 2.17. The molecule has 0 spiro atoms. The van der Waals surface area contributed by atoms with Gasteiger partial charge in [0.2, 0.25) is 0 Å². The third-order valence-corrected chi connectivity index (χ3v) is 1.86. The molecule has 78 valence electrons. The van der Waals surface area contributed by atoms with Crippen molar-refractivity contribution >= 4 is 5.71 Å². The van der Waals surface area contributed by atoms with Crippen LogP contribution in [0.25, 0.3) is 0 Å². The van der Waals surface area contributed by atoms with Gasteiger partial charge in [-0.1, -0.05) is 5.16 Å². The van der Waals surface area contributed by atoms with Crippen LogP contribution in [0.5, 0.6) is 11.5 Å². The van der Waals surface area contributed by atoms with E-state index in [0.29, 0.717) is 17.1 Å². The molecular weight excluding hydrogens is 196 g/mol. The molecule has 15 heavy (non-hydrogen) atoms. The van der Waals surface area contributed by atoms with Gasteiger partial charge in [-0.05, 0) is 18.2 Å². The van der Waals surface area contributed by atoms with Crippen LogP contribution in [0.1, 0.15) is 5.56 Å². The van der Waals surface area contributed by atoms with Crippen LogP contribution < -0.4 is 9.47 Å². The van der Waals surface area contributed by atoms with Crippen molar-refractivity contribution in [2.45, 2.75) is 0 Å². The summed E-state index contributed by atoms with van der Waals surface area (Å²) in [6, 6.07) is 6.57. The van der Waals surface area contributed by atoms with Gasteiger partial charge in [-0.15, -0.1) is 0 Å². The van der Waals surface area contributed by atoms with Crippen molar-refractivity contribution in [2.75, 3.05) is 14.2 Å². The number of nitrogens with zero attached hydrogens (tertiary/aromatic N) is 2. The standard InChI is InChI=1S/C10H10N2O3/c1-14-9-4-3-7(5-10(9)15-2)8(6-11)12-13/h3-5,13H,1-2H3/b12-8+. The van der Waals surface area contributed by atoms with E-state index in [1.807, 2.05) is 0 Å². The van der Waals surface area contributed by atoms with E-state index >= 15 is 0 Å². The lowest BCUT2D eigenvalue weighted by Gasteiger charge is -2.07. The van der Waals surface area contributed by atoms with Crippen molar-refractivity contribution in [1.82, 2.24) is 0 Å². The van der Waals surface area contributed by atoms with E-state index in [1.54, 1.807) is 24.3 Å². The van der Waals surface area contributed by atoms with Gasteiger partial charge in [0.25, 0.3) is 0 Å². The van der Waals surface area contributed by atoms with Gasteiger partial charge < -0.3 is 14.7 Å². The molecule has 0 radical (unpaired) electrons. The quantitative estimate of drug-likeness (QED) is 0.461. The Labute approximate surface area is 87.2 Å². The average Bonchev–Trinajstić information content (AvgIpc) is 2.30. The first-order valence-corrected chi connectivity index (χ1v) is 4.11. The van der Waals surface area contributed by atoms with Gasteiger partial charge in [0.15, 0.2) is 17.2 Å². The van der Waals surface area contributed by atoms with Crippen LogP contribution in [0.2, 0.25) is 0 Å². The van der Waals surface area contributed by atoms with Crippen LogP contribution in [0, 0.1) is 11.3 Å². The lowest BCUT2D eigenvalue weighted by Crippen LogP contribution is -1.99. The maximum Gasteiger partial charge on any atom is 0.186 e. The van der Waals surface area contributed by atoms with Crippen LogP contribution >= 0.6 is 0 Å². The first-order chi connectivity index (χ1) is 7.26. The van der Waals surface area contributed by atoms with Crippen molar-refractivity contribution in [3.63, 3.8) is 0 Å². The van der Waals surface area contributed by atoms with Crippen LogP contribution in [0.4, 0.5) is 0 Å². The zero-order valence-corrected chi connectivity index (χ0v) is 8.39. The van der Waals surface area contributed by atoms with Gasteiger partial charge in [0.05, 0.1) is 14.2 Å². The maximum absolute atomic E-state index is 8.66. The second kappa shape index (κ2) is 4.86. The Morgan fingerprint density at radius 1 is 1.33 bits per heavy atom. The molecular formula is C10H10N2O3. The number of hydrogen-bond donors (Lipinski definition) is 1. The summed E-state index contributed by atoms with van der Waals surface area (Å²) in [6.45, 7) is 0. The number of rotatable bonds is 3. The average molecular weight is 206 g/mol. The maximum atomic E-state index is 8.66. The summed E-state index contributed by atoms with van der Waals surface area (Å²) >= 11 is 0. The van der Waals surface area contributed by atoms with Crippen LogP contribution in [0.3, 0.4) is 0 Å². The van der Waals surface area contributed by atoms with Crippen molar-refractivity contribution in [3.05, 3.63) is 23.8 Å². The summed E-state index contributed by atoms with van der Waals surface area (Å²) in [6.07, 6.45) is 0. The summed E-state index contributed by atoms with van der Waals surface area (Å²) in [4.78, 5) is 0. The highest BCUT2D eigenvalue weighted by molar-refractivity contribution is 6.11. The lowest BCUT2D eigenvalue weighted by atomic mass is 10.1. The van der Waals surface area contributed by atoms with Gasteiger partial charge in [-0.25, -0.2) is 0 Å². The SMILES string of the molecule is COc1ccc(/C(C#N)=N/O)cc1OC. The molecule has 5 nitrogen and oxygen atoms in total. The van der Waals surface area contributed by atoms with Gasteiger partial charge in [0.1, 0.15) is 6.07 Å². The summed E-state index contributed by atoms with van der Waals surface area (Å²) in [5, 5.41) is 20.1. The summed E-state index contributed by atoms with van der Waals surface area (Å²) in [7, 11) is 3.01. The van der Waals surface area contributed by atoms with Crippen LogP contribution in [-0.2, 0) is 0 Å². The summed E-state index contributed by atoms with van der Waals surface area (Å²) in [5.74, 6) is 1.03. The zero-order chi connectivity index (χ0) is 11.3. The minimum atomic E-state index is -0.0732. The fraction of sp³-hybridized carbons (Fsp3) is 0.200. The second-order valence-corrected chi connectivity index (χ2v) is 2.63. The molecule has 0 aromatic heterocycles. The number of hydrogen-bond acceptors (Lipinski definition) is 5. The predicted octanol–water partition coefficient (Wildman–Crippen LogP) is 1.41. The van der Waals surface area contributed by atoms with E-state index in [2.05, 4.69) is 5.16 Å². The van der Waals surface area contributed by atoms with Crippen LogP contribution in [0.15, 0.2) is 23.4 Å². The Morgan fingerprint density at radius 2 is 2.00 bits per heavy atom. The molecule has 5 heteroatoms. The zero-order valence-electron chi connectivity index (χ0n) is 8.39. The van der Waals surface area contributed by atoms with Crippen molar-refractivity contribution in [1.29, 1.82) is 5.26 Å². The topological polar surface area (TPSA) is 74.8 Å². The fourth-order valence-electron chi connectivity index (χ4n) is 1.13. The predicted molar refractivity (Wildman–Crippen MR) is 53.5 cm³/mol. The molecule has 0 aliphatic heterocycles. The Bertz CT molecular complexity index is 421. The number of oxime groups is 1. The highest BCUT2D eigenvalue weighted by Crippen LogP contribution is 2.27. The highest BCUT2D eigenvalue weighted by Gasteiger charge is 2.08. The third-order valence-electron chi connectivity index (χ3n) is 1.86. The highest BCUT2D eigenvalue weighted by atomic mass is 16.5.